The van der Waals surface area contributed by atoms with Crippen LogP contribution in [0.5, 0.6) is 5.75 Å². The van der Waals surface area contributed by atoms with E-state index in [1.165, 1.54) is 0 Å². The molecule has 5 rings (SSSR count). The minimum Gasteiger partial charge on any atom is -0.492 e. The molecule has 2 saturated heterocycles. The SMILES string of the molecule is CC(C)C[C@H](NC(=O)c1cc2cc(OCCN3CCOCC3)ccc2o1)C(=O)N(C(=O)c1ccccc1)C1CCCNCC1=O. The molecule has 2 aliphatic rings. The van der Waals surface area contributed by atoms with Crippen molar-refractivity contribution in [2.75, 3.05) is 52.5 Å². The molecule has 240 valence electrons. The number of ether oxygens (including phenoxy) is 2. The molecule has 3 aromatic rings. The minimum absolute atomic E-state index is 0.00673. The number of amides is 3. The molecule has 3 amide bonds. The minimum atomic E-state index is -1.05. The highest BCUT2D eigenvalue weighted by Crippen LogP contribution is 2.25. The quantitative estimate of drug-likeness (QED) is 0.333. The molecular formula is C34H42N4O7. The number of furan rings is 1. The summed E-state index contributed by atoms with van der Waals surface area (Å²) in [6.07, 6.45) is 1.24. The van der Waals surface area contributed by atoms with Crippen molar-refractivity contribution < 1.29 is 33.1 Å². The van der Waals surface area contributed by atoms with Crippen molar-refractivity contribution >= 4 is 34.5 Å². The maximum Gasteiger partial charge on any atom is 0.287 e. The third kappa shape index (κ3) is 8.36. The van der Waals surface area contributed by atoms with Gasteiger partial charge in [0.25, 0.3) is 17.7 Å². The van der Waals surface area contributed by atoms with Gasteiger partial charge in [-0.1, -0.05) is 32.0 Å². The summed E-state index contributed by atoms with van der Waals surface area (Å²) in [7, 11) is 0. The first-order chi connectivity index (χ1) is 21.8. The van der Waals surface area contributed by atoms with Crippen LogP contribution < -0.4 is 15.4 Å². The maximum atomic E-state index is 14.2. The van der Waals surface area contributed by atoms with Crippen molar-refractivity contribution in [3.8, 4) is 5.75 Å². The third-order valence-electron chi connectivity index (χ3n) is 8.09. The zero-order valence-electron chi connectivity index (χ0n) is 26.0. The number of carbonyl (C=O) groups excluding carboxylic acids is 4. The Kier molecular flexibility index (Phi) is 11.0. The summed E-state index contributed by atoms with van der Waals surface area (Å²) in [6.45, 7) is 9.07. The van der Waals surface area contributed by atoms with Gasteiger partial charge in [0.1, 0.15) is 24.0 Å². The fourth-order valence-electron chi connectivity index (χ4n) is 5.73. The summed E-state index contributed by atoms with van der Waals surface area (Å²) < 4.78 is 17.2. The second-order valence-corrected chi connectivity index (χ2v) is 11.9. The summed E-state index contributed by atoms with van der Waals surface area (Å²) in [4.78, 5) is 58.0. The molecule has 2 N–H and O–H groups in total. The number of benzene rings is 2. The maximum absolute atomic E-state index is 14.2. The van der Waals surface area contributed by atoms with Gasteiger partial charge in [0.15, 0.2) is 11.5 Å². The Hall–Kier alpha value is -4.06. The fraction of sp³-hybridized carbons (Fsp3) is 0.471. The van der Waals surface area contributed by atoms with Gasteiger partial charge in [-0.15, -0.1) is 0 Å². The van der Waals surface area contributed by atoms with Gasteiger partial charge < -0.3 is 24.5 Å². The highest BCUT2D eigenvalue weighted by molar-refractivity contribution is 6.10. The molecule has 0 radical (unpaired) electrons. The average molecular weight is 619 g/mol. The van der Waals surface area contributed by atoms with Gasteiger partial charge >= 0.3 is 0 Å². The number of Topliss-reactive ketones (excluding diaryl/α,β-unsaturated/α-hetero) is 1. The molecule has 11 heteroatoms. The largest absolute Gasteiger partial charge is 0.492 e. The van der Waals surface area contributed by atoms with Gasteiger partial charge in [0.2, 0.25) is 0 Å². The van der Waals surface area contributed by atoms with Crippen LogP contribution in [0.25, 0.3) is 11.0 Å². The van der Waals surface area contributed by atoms with E-state index in [0.717, 1.165) is 37.7 Å². The zero-order chi connectivity index (χ0) is 31.8. The fourth-order valence-corrected chi connectivity index (χ4v) is 5.73. The Morgan fingerprint density at radius 1 is 1.09 bits per heavy atom. The third-order valence-corrected chi connectivity index (χ3v) is 8.09. The molecule has 0 bridgehead atoms. The number of hydrogen-bond donors (Lipinski definition) is 2. The molecule has 45 heavy (non-hydrogen) atoms. The first-order valence-electron chi connectivity index (χ1n) is 15.7. The highest BCUT2D eigenvalue weighted by atomic mass is 16.5. The van der Waals surface area contributed by atoms with E-state index in [1.807, 2.05) is 19.9 Å². The lowest BCUT2D eigenvalue weighted by atomic mass is 9.98. The monoisotopic (exact) mass is 618 g/mol. The van der Waals surface area contributed by atoms with Crippen LogP contribution in [0.2, 0.25) is 0 Å². The number of carbonyl (C=O) groups is 4. The first kappa shape index (κ1) is 32.3. The highest BCUT2D eigenvalue weighted by Gasteiger charge is 2.39. The van der Waals surface area contributed by atoms with Crippen molar-refractivity contribution in [1.82, 2.24) is 20.4 Å². The standard InChI is InChI=1S/C34H42N4O7/c1-23(2)19-27(34(42)38(28-9-6-12-35-22-29(28)39)33(41)24-7-4-3-5-8-24)36-32(40)31-21-25-20-26(10-11-30(25)45-31)44-18-15-37-13-16-43-17-14-37/h3-5,7-8,10-11,20-21,23,27-28,35H,6,9,12-19,22H2,1-2H3,(H,36,40)/t27-,28?/m0/s1. The Labute approximate surface area is 263 Å². The number of nitrogens with one attached hydrogen (secondary N) is 2. The molecule has 1 unspecified atom stereocenters. The van der Waals surface area contributed by atoms with Crippen molar-refractivity contribution in [3.05, 3.63) is 65.9 Å². The van der Waals surface area contributed by atoms with Crippen LogP contribution in [0.4, 0.5) is 0 Å². The number of rotatable bonds is 11. The Morgan fingerprint density at radius 2 is 1.87 bits per heavy atom. The predicted molar refractivity (Wildman–Crippen MR) is 168 cm³/mol. The first-order valence-corrected chi connectivity index (χ1v) is 15.7. The van der Waals surface area contributed by atoms with E-state index in [2.05, 4.69) is 15.5 Å². The summed E-state index contributed by atoms with van der Waals surface area (Å²) in [5, 5.41) is 6.57. The van der Waals surface area contributed by atoms with Crippen LogP contribution >= 0.6 is 0 Å². The van der Waals surface area contributed by atoms with E-state index in [4.69, 9.17) is 13.9 Å². The number of ketones is 1. The van der Waals surface area contributed by atoms with Gasteiger partial charge in [-0.3, -0.25) is 29.0 Å². The lowest BCUT2D eigenvalue weighted by Gasteiger charge is -2.32. The van der Waals surface area contributed by atoms with Crippen LogP contribution in [0.3, 0.4) is 0 Å². The molecule has 0 saturated carbocycles. The number of fused-ring (bicyclic) bond motifs is 1. The Morgan fingerprint density at radius 3 is 2.62 bits per heavy atom. The van der Waals surface area contributed by atoms with E-state index < -0.39 is 29.8 Å². The molecule has 3 heterocycles. The van der Waals surface area contributed by atoms with Gasteiger partial charge in [-0.2, -0.15) is 0 Å². The Bertz CT molecular complexity index is 1480. The summed E-state index contributed by atoms with van der Waals surface area (Å²) in [6, 6.07) is 13.4. The van der Waals surface area contributed by atoms with Gasteiger partial charge in [-0.05, 0) is 68.1 Å². The Balaban J connectivity index is 1.33. The number of hydrogen-bond acceptors (Lipinski definition) is 9. The number of morpholine rings is 1. The van der Waals surface area contributed by atoms with Crippen molar-refractivity contribution in [1.29, 1.82) is 0 Å². The van der Waals surface area contributed by atoms with E-state index >= 15 is 0 Å². The van der Waals surface area contributed by atoms with Crippen molar-refractivity contribution in [3.63, 3.8) is 0 Å². The summed E-state index contributed by atoms with van der Waals surface area (Å²) in [5.74, 6) is -1.29. The smallest absolute Gasteiger partial charge is 0.287 e. The summed E-state index contributed by atoms with van der Waals surface area (Å²) >= 11 is 0. The second kappa shape index (κ2) is 15.3. The van der Waals surface area contributed by atoms with E-state index in [0.29, 0.717) is 48.3 Å². The topological polar surface area (TPSA) is 130 Å². The van der Waals surface area contributed by atoms with Crippen LogP contribution in [0.15, 0.2) is 59.0 Å². The molecule has 1 aromatic heterocycles. The molecule has 2 atom stereocenters. The molecule has 2 aromatic carbocycles. The molecule has 0 aliphatic carbocycles. The average Bonchev–Trinajstić information content (AvgIpc) is 3.36. The number of nitrogens with zero attached hydrogens (tertiary/aromatic N) is 2. The van der Waals surface area contributed by atoms with Crippen LogP contribution in [-0.4, -0.2) is 97.9 Å². The number of imide groups is 1. The molecule has 2 fully saturated rings. The predicted octanol–water partition coefficient (Wildman–Crippen LogP) is 3.28. The second-order valence-electron chi connectivity index (χ2n) is 11.9. The van der Waals surface area contributed by atoms with Gasteiger partial charge in [0.05, 0.1) is 25.8 Å². The van der Waals surface area contributed by atoms with Crippen molar-refractivity contribution in [2.45, 2.75) is 45.2 Å². The van der Waals surface area contributed by atoms with Crippen LogP contribution in [0.1, 0.15) is 54.0 Å². The molecule has 2 aliphatic heterocycles. The lowest BCUT2D eigenvalue weighted by Crippen LogP contribution is -2.56. The van der Waals surface area contributed by atoms with Gasteiger partial charge in [0, 0.05) is 30.6 Å². The molecular weight excluding hydrogens is 576 g/mol. The van der Waals surface area contributed by atoms with E-state index in [1.54, 1.807) is 48.5 Å². The lowest BCUT2D eigenvalue weighted by molar-refractivity contribution is -0.138. The molecule has 11 nitrogen and oxygen atoms in total. The van der Waals surface area contributed by atoms with Crippen LogP contribution in [-0.2, 0) is 14.3 Å². The van der Waals surface area contributed by atoms with Gasteiger partial charge in [-0.25, -0.2) is 0 Å². The van der Waals surface area contributed by atoms with E-state index in [-0.39, 0.29) is 30.4 Å². The van der Waals surface area contributed by atoms with E-state index in [9.17, 15) is 19.2 Å². The molecule has 0 spiro atoms. The van der Waals surface area contributed by atoms with Crippen molar-refractivity contribution in [2.24, 2.45) is 5.92 Å². The summed E-state index contributed by atoms with van der Waals surface area (Å²) in [5.41, 5.74) is 0.801. The zero-order valence-corrected chi connectivity index (χ0v) is 26.0. The normalized spacial score (nSPS) is 18.4. The van der Waals surface area contributed by atoms with Crippen LogP contribution in [0, 0.1) is 5.92 Å².